The van der Waals surface area contributed by atoms with Crippen LogP contribution in [-0.4, -0.2) is 106 Å². The fourth-order valence-electron chi connectivity index (χ4n) is 13.3. The van der Waals surface area contributed by atoms with Crippen LogP contribution in [0.5, 0.6) is 28.7 Å². The number of nitrogens with zero attached hydrogens (tertiary/aromatic N) is 2. The van der Waals surface area contributed by atoms with Crippen LogP contribution in [-0.2, 0) is 43.5 Å². The number of hydrogen-bond acceptors (Lipinski definition) is 17. The minimum atomic E-state index is -0.766. The number of carboxylic acid groups (broad SMARTS) is 4. The molecule has 109 heavy (non-hydrogen) atoms. The maximum Gasteiger partial charge on any atom is 0.310 e. The van der Waals surface area contributed by atoms with Gasteiger partial charge < -0.3 is 50.0 Å². The van der Waals surface area contributed by atoms with Crippen LogP contribution in [0.1, 0.15) is 207 Å². The molecule has 7 aliphatic rings. The lowest BCUT2D eigenvalue weighted by Crippen LogP contribution is -2.29. The van der Waals surface area contributed by atoms with Gasteiger partial charge in [0.2, 0.25) is 5.91 Å². The number of aliphatic hydroxyl groups excluding tert-OH is 1. The molecule has 0 radical (unpaired) electrons. The first-order valence-corrected chi connectivity index (χ1v) is 38.8. The third kappa shape index (κ3) is 32.0. The summed E-state index contributed by atoms with van der Waals surface area (Å²) >= 11 is 0. The molecule has 3 aromatic carbocycles. The highest BCUT2D eigenvalue weighted by Crippen LogP contribution is 2.50. The standard InChI is InChI=1S/C21H32O6.C20H32O5.C20H32O2.C14H11NO4.C12H7NO3/c1-2-3-6-9-15(21(24)25)12-13-17-16(18-14-19(17)27-26-18)10-7-4-5-8-11-20(22)23;1-2-3-6-9-15(21)12-13-17-16(18-14-19(17)25-24-18)10-7-4-5-8-11-20(22)23;1-2-3-4-5-6-7-8-9-10-11-12-13-14-15-16-17-18-19-20(21)22;1-8(16)15-11-4-2-9(17)6-13(11)19-14-7-10(18)3-5-12(14)15;14-7-1-3-9-11(5-7)16-12-6-8(15)2-4-10(12)13-9/h4,7,12-13,15-19H,2-3,5-6,8-11,14H2,1H3,(H,22,23)(H,24,25);4,7,12-13,15-19,21H,2-3,5-6,8-11,14H2,1H3,(H,22,23);6-7,9-10,12-13,15-16H,2-5,8,11,14,17-19H2,1H3,(H,21,22);2-7,17-18H,1H3;1-6,14H/b2*7-4-,13-12+;7-6-,10-9-,13-12-,16-15-;;/t2*15-,16+,17+,18?,19?;;;/m00.../s1. The highest BCUT2D eigenvalue weighted by Gasteiger charge is 2.50. The van der Waals surface area contributed by atoms with E-state index in [2.05, 4.69) is 98.7 Å². The van der Waals surface area contributed by atoms with E-state index in [1.165, 1.54) is 80.0 Å². The van der Waals surface area contributed by atoms with E-state index in [0.717, 1.165) is 116 Å². The summed E-state index contributed by atoms with van der Waals surface area (Å²) < 4.78 is 11.1. The molecule has 4 unspecified atom stereocenters. The van der Waals surface area contributed by atoms with Crippen LogP contribution in [0.4, 0.5) is 11.4 Å². The molecule has 4 aliphatic heterocycles. The average molecular weight is 1510 g/mol. The second-order valence-electron chi connectivity index (χ2n) is 27.9. The molecular weight excluding hydrogens is 1390 g/mol. The molecule has 10 rings (SSSR count). The van der Waals surface area contributed by atoms with Gasteiger partial charge in [0.15, 0.2) is 28.3 Å². The molecule has 4 heterocycles. The van der Waals surface area contributed by atoms with E-state index in [0.29, 0.717) is 70.6 Å². The Balaban J connectivity index is 0.000000215. The number of phenolic OH excluding ortho intramolecular Hbond substituents is 3. The quantitative estimate of drug-likeness (QED) is 0.00784. The smallest absolute Gasteiger partial charge is 0.310 e. The van der Waals surface area contributed by atoms with Crippen LogP contribution in [0.3, 0.4) is 0 Å². The number of carboxylic acids is 4. The molecule has 3 aliphatic carbocycles. The van der Waals surface area contributed by atoms with Gasteiger partial charge >= 0.3 is 23.9 Å². The van der Waals surface area contributed by atoms with Crippen LogP contribution in [0.2, 0.25) is 0 Å². The SMILES string of the molecule is CC(=O)N1c2ccc(O)cc2Oc2cc(O)ccc21.CCCCC/C=C\C/C=C\C/C=C\C/C=C\CCCC(=O)O.CCCCC[C@@H](/C=C/[C@H]1C2CC(OO2)[C@@H]1C/C=C\CCCC(=O)O)C(=O)O.CCCCC[C@H](O)/C=C/[C@H]1C2CC(OO2)[C@@H]1C/C=C\CCCC(=O)O.O=c1ccc2nc3ccc(O)cc3oc-2c1. The Labute approximate surface area is 640 Å². The molecule has 8 N–H and O–H groups in total. The van der Waals surface area contributed by atoms with E-state index in [-0.39, 0.29) is 96.1 Å². The maximum absolute atomic E-state index is 11.8. The number of aliphatic hydroxyl groups is 1. The summed E-state index contributed by atoms with van der Waals surface area (Å²) in [6.07, 6.45) is 58.2. The van der Waals surface area contributed by atoms with Gasteiger partial charge in [-0.3, -0.25) is 33.7 Å². The molecular formula is C87H114N2O20. The number of benzene rings is 4. The molecule has 22 nitrogen and oxygen atoms in total. The number of ether oxygens (including phenoxy) is 1. The van der Waals surface area contributed by atoms with Crippen molar-refractivity contribution in [1.29, 1.82) is 0 Å². The molecule has 3 aromatic rings. The van der Waals surface area contributed by atoms with Crippen molar-refractivity contribution >= 4 is 52.3 Å². The molecule has 2 saturated carbocycles. The summed E-state index contributed by atoms with van der Waals surface area (Å²) in [5.74, 6) is -1.15. The van der Waals surface area contributed by atoms with Crippen molar-refractivity contribution in [2.75, 3.05) is 4.90 Å². The number of carbonyl (C=O) groups is 5. The van der Waals surface area contributed by atoms with Gasteiger partial charge in [-0.2, -0.15) is 0 Å². The van der Waals surface area contributed by atoms with E-state index in [1.54, 1.807) is 30.3 Å². The first kappa shape index (κ1) is 88.5. The van der Waals surface area contributed by atoms with Gasteiger partial charge in [0.1, 0.15) is 40.7 Å². The fraction of sp³-hybridized carbons (Fsp3) is 0.483. The number of unbranched alkanes of at least 4 members (excludes halogenated alkanes) is 10. The number of fused-ring (bicyclic) bond motifs is 8. The molecule has 1 amide bonds. The van der Waals surface area contributed by atoms with Crippen LogP contribution >= 0.6 is 0 Å². The number of aliphatic carboxylic acids is 4. The van der Waals surface area contributed by atoms with E-state index < -0.39 is 29.8 Å². The van der Waals surface area contributed by atoms with Gasteiger partial charge in [-0.05, 0) is 145 Å². The molecule has 0 aromatic heterocycles. The van der Waals surface area contributed by atoms with Crippen molar-refractivity contribution in [2.24, 2.45) is 29.6 Å². The Hall–Kier alpha value is -9.45. The van der Waals surface area contributed by atoms with E-state index >= 15 is 0 Å². The molecule has 592 valence electrons. The Morgan fingerprint density at radius 1 is 0.505 bits per heavy atom. The number of phenols is 3. The topological polar surface area (TPSA) is 340 Å². The Bertz CT molecular complexity index is 3830. The van der Waals surface area contributed by atoms with Gasteiger partial charge in [-0.15, -0.1) is 0 Å². The molecule has 22 heteroatoms. The fourth-order valence-corrected chi connectivity index (χ4v) is 13.3. The lowest BCUT2D eigenvalue weighted by Gasteiger charge is -2.30. The van der Waals surface area contributed by atoms with Crippen molar-refractivity contribution in [3.8, 4) is 40.2 Å². The van der Waals surface area contributed by atoms with Gasteiger partial charge in [-0.1, -0.05) is 169 Å². The lowest BCUT2D eigenvalue weighted by molar-refractivity contribution is -0.336. The van der Waals surface area contributed by atoms with Crippen LogP contribution in [0, 0.1) is 29.6 Å². The summed E-state index contributed by atoms with van der Waals surface area (Å²) in [5.41, 5.74) is 2.71. The molecule has 2 saturated heterocycles. The Morgan fingerprint density at radius 2 is 0.945 bits per heavy atom. The normalized spacial score (nSPS) is 20.1. The summed E-state index contributed by atoms with van der Waals surface area (Å²) in [6, 6.07) is 18.2. The lowest BCUT2D eigenvalue weighted by atomic mass is 9.88. The third-order valence-electron chi connectivity index (χ3n) is 19.1. The monoisotopic (exact) mass is 1510 g/mol. The number of anilines is 2. The predicted octanol–water partition coefficient (Wildman–Crippen LogP) is 19.5. The zero-order chi connectivity index (χ0) is 78.7. The Morgan fingerprint density at radius 3 is 1.43 bits per heavy atom. The second-order valence-corrected chi connectivity index (χ2v) is 27.9. The summed E-state index contributed by atoms with van der Waals surface area (Å²) in [4.78, 5) is 93.1. The highest BCUT2D eigenvalue weighted by atomic mass is 17.2. The first-order chi connectivity index (χ1) is 52.7. The minimum Gasteiger partial charge on any atom is -0.508 e. The number of amides is 1. The molecule has 4 bridgehead atoms. The number of allylic oxidation sites excluding steroid dienone is 12. The number of aromatic nitrogens is 1. The minimum absolute atomic E-state index is 0.00162. The van der Waals surface area contributed by atoms with Crippen LogP contribution < -0.4 is 15.1 Å². The number of aromatic hydroxyl groups is 3. The largest absolute Gasteiger partial charge is 0.508 e. The van der Waals surface area contributed by atoms with Gasteiger partial charge in [0.25, 0.3) is 0 Å². The van der Waals surface area contributed by atoms with Gasteiger partial charge in [-0.25, -0.2) is 24.5 Å². The highest BCUT2D eigenvalue weighted by molar-refractivity contribution is 6.03. The van der Waals surface area contributed by atoms with Crippen molar-refractivity contribution in [3.05, 3.63) is 180 Å². The molecule has 10 atom stereocenters. The van der Waals surface area contributed by atoms with E-state index in [4.69, 9.17) is 44.0 Å². The second kappa shape index (κ2) is 49.6. The first-order valence-electron chi connectivity index (χ1n) is 38.8. The maximum atomic E-state index is 11.8. The van der Waals surface area contributed by atoms with E-state index in [1.807, 2.05) is 24.3 Å². The van der Waals surface area contributed by atoms with Crippen molar-refractivity contribution in [1.82, 2.24) is 4.98 Å². The van der Waals surface area contributed by atoms with Crippen LogP contribution in [0.15, 0.2) is 179 Å². The molecule has 4 fully saturated rings. The van der Waals surface area contributed by atoms with Crippen molar-refractivity contribution in [3.63, 3.8) is 0 Å². The van der Waals surface area contributed by atoms with E-state index in [9.17, 15) is 54.3 Å². The Kier molecular flexibility index (Phi) is 40.2. The summed E-state index contributed by atoms with van der Waals surface area (Å²) in [6.45, 7) is 7.94. The molecule has 0 spiro atoms. The van der Waals surface area contributed by atoms with Crippen LogP contribution in [0.25, 0.3) is 22.6 Å². The zero-order valence-electron chi connectivity index (χ0n) is 63.6. The zero-order valence-corrected chi connectivity index (χ0v) is 63.6. The summed E-state index contributed by atoms with van der Waals surface area (Å²) in [7, 11) is 0. The predicted molar refractivity (Wildman–Crippen MR) is 421 cm³/mol. The van der Waals surface area contributed by atoms with Gasteiger partial charge in [0, 0.05) is 87.0 Å². The number of hydrogen-bond donors (Lipinski definition) is 8. The number of carbonyl (C=O) groups excluding carboxylic acids is 1. The average Bonchev–Trinajstić information content (AvgIpc) is 1.76. The third-order valence-corrected chi connectivity index (χ3v) is 19.1. The number of rotatable bonds is 39. The van der Waals surface area contributed by atoms with Crippen molar-refractivity contribution in [2.45, 2.75) is 238 Å². The summed E-state index contributed by atoms with van der Waals surface area (Å²) in [5, 5.41) is 73.6. The van der Waals surface area contributed by atoms with Crippen molar-refractivity contribution < 1.29 is 93.5 Å². The van der Waals surface area contributed by atoms with Gasteiger partial charge in [0.05, 0.1) is 35.6 Å².